The predicted molar refractivity (Wildman–Crippen MR) is 91.0 cm³/mol. The Morgan fingerprint density at radius 1 is 1.30 bits per heavy atom. The normalized spacial score (nSPS) is 21.1. The fraction of sp³-hybridized carbons (Fsp3) is 0.389. The molecule has 0 bridgehead atoms. The number of aromatic nitrogens is 1. The molecule has 0 unspecified atom stereocenters. The van der Waals surface area contributed by atoms with Crippen LogP contribution in [-0.4, -0.2) is 45.9 Å². The van der Waals surface area contributed by atoms with Crippen molar-refractivity contribution in [3.8, 4) is 11.8 Å². The van der Waals surface area contributed by atoms with E-state index in [0.29, 0.717) is 6.54 Å². The van der Waals surface area contributed by atoms with E-state index in [0.717, 1.165) is 25.1 Å². The summed E-state index contributed by atoms with van der Waals surface area (Å²) in [6.45, 7) is 2.35. The van der Waals surface area contributed by atoms with E-state index in [1.165, 1.54) is 10.4 Å². The van der Waals surface area contributed by atoms with Crippen molar-refractivity contribution in [2.75, 3.05) is 19.7 Å². The number of hydrogen-bond acceptors (Lipinski definition) is 5. The number of likely N-dealkylation sites (tertiary alicyclic amines) is 1. The minimum Gasteiger partial charge on any atom is -0.391 e. The second-order valence-electron chi connectivity index (χ2n) is 5.84. The Balaban J connectivity index is 1.57. The number of rotatable bonds is 4. The Morgan fingerprint density at radius 2 is 2.13 bits per heavy atom. The van der Waals surface area contributed by atoms with Gasteiger partial charge in [-0.05, 0) is 30.2 Å². The highest BCUT2D eigenvalue weighted by molar-refractivity contribution is 7.10. The zero-order chi connectivity index (χ0) is 16.1. The summed E-state index contributed by atoms with van der Waals surface area (Å²) in [7, 11) is 0. The van der Waals surface area contributed by atoms with Gasteiger partial charge in [0, 0.05) is 53.8 Å². The molecule has 2 atom stereocenters. The van der Waals surface area contributed by atoms with Gasteiger partial charge in [0.25, 0.3) is 0 Å². The molecule has 23 heavy (non-hydrogen) atoms. The summed E-state index contributed by atoms with van der Waals surface area (Å²) in [5, 5.41) is 21.1. The number of aliphatic hydroxyl groups is 2. The van der Waals surface area contributed by atoms with Crippen LogP contribution in [-0.2, 0) is 13.0 Å². The molecule has 0 spiro atoms. The Hall–Kier alpha value is -1.71. The molecule has 5 heteroatoms. The van der Waals surface area contributed by atoms with Crippen LogP contribution in [0.15, 0.2) is 36.0 Å². The van der Waals surface area contributed by atoms with Crippen molar-refractivity contribution in [2.24, 2.45) is 5.92 Å². The summed E-state index contributed by atoms with van der Waals surface area (Å²) in [6, 6.07) is 6.09. The Kier molecular flexibility index (Phi) is 5.42. The molecule has 2 N–H and O–H groups in total. The van der Waals surface area contributed by atoms with Gasteiger partial charge in [-0.1, -0.05) is 11.8 Å². The second kappa shape index (κ2) is 7.71. The number of aliphatic hydroxyl groups excluding tert-OH is 2. The van der Waals surface area contributed by atoms with Crippen molar-refractivity contribution in [3.63, 3.8) is 0 Å². The van der Waals surface area contributed by atoms with Crippen molar-refractivity contribution in [2.45, 2.75) is 19.1 Å². The van der Waals surface area contributed by atoms with Gasteiger partial charge >= 0.3 is 0 Å². The monoisotopic (exact) mass is 328 g/mol. The first-order valence-corrected chi connectivity index (χ1v) is 8.59. The molecule has 1 aliphatic heterocycles. The van der Waals surface area contributed by atoms with Gasteiger partial charge in [-0.15, -0.1) is 11.3 Å². The summed E-state index contributed by atoms with van der Waals surface area (Å²) in [4.78, 5) is 7.57. The molecular formula is C18H20N2O2S. The van der Waals surface area contributed by atoms with Crippen LogP contribution in [0.5, 0.6) is 0 Å². The molecule has 4 nitrogen and oxygen atoms in total. The zero-order valence-electron chi connectivity index (χ0n) is 12.9. The Morgan fingerprint density at radius 3 is 2.91 bits per heavy atom. The van der Waals surface area contributed by atoms with Crippen molar-refractivity contribution in [1.29, 1.82) is 0 Å². The largest absolute Gasteiger partial charge is 0.391 e. The molecule has 120 valence electrons. The third-order valence-electron chi connectivity index (χ3n) is 4.07. The van der Waals surface area contributed by atoms with Crippen LogP contribution in [0.1, 0.15) is 16.0 Å². The lowest BCUT2D eigenvalue weighted by molar-refractivity contribution is 0.141. The highest BCUT2D eigenvalue weighted by Gasteiger charge is 2.31. The minimum atomic E-state index is -0.281. The van der Waals surface area contributed by atoms with E-state index in [1.54, 1.807) is 23.7 Å². The van der Waals surface area contributed by atoms with Gasteiger partial charge in [-0.3, -0.25) is 9.88 Å². The van der Waals surface area contributed by atoms with E-state index in [-0.39, 0.29) is 18.6 Å². The molecule has 0 aromatic carbocycles. The lowest BCUT2D eigenvalue weighted by Gasteiger charge is -2.14. The molecule has 2 aromatic heterocycles. The van der Waals surface area contributed by atoms with E-state index in [9.17, 15) is 5.11 Å². The van der Waals surface area contributed by atoms with Gasteiger partial charge in [0.05, 0.1) is 6.10 Å². The highest BCUT2D eigenvalue weighted by atomic mass is 32.1. The fourth-order valence-electron chi connectivity index (χ4n) is 2.98. The lowest BCUT2D eigenvalue weighted by Crippen LogP contribution is -2.20. The third kappa shape index (κ3) is 4.40. The number of pyridine rings is 1. The quantitative estimate of drug-likeness (QED) is 0.836. The molecule has 0 amide bonds. The average molecular weight is 328 g/mol. The average Bonchev–Trinajstić information content (AvgIpc) is 3.14. The van der Waals surface area contributed by atoms with Crippen molar-refractivity contribution in [3.05, 3.63) is 52.0 Å². The molecular weight excluding hydrogens is 308 g/mol. The first kappa shape index (κ1) is 16.2. The van der Waals surface area contributed by atoms with Gasteiger partial charge in [0.1, 0.15) is 6.61 Å². The van der Waals surface area contributed by atoms with E-state index in [4.69, 9.17) is 5.11 Å². The summed E-state index contributed by atoms with van der Waals surface area (Å²) in [5.41, 5.74) is 2.18. The summed E-state index contributed by atoms with van der Waals surface area (Å²) in [5.74, 6) is 5.86. The van der Waals surface area contributed by atoms with Crippen molar-refractivity contribution < 1.29 is 10.2 Å². The highest BCUT2D eigenvalue weighted by Crippen LogP contribution is 2.24. The molecule has 3 heterocycles. The maximum Gasteiger partial charge on any atom is 0.104 e. The van der Waals surface area contributed by atoms with E-state index in [2.05, 4.69) is 27.8 Å². The van der Waals surface area contributed by atoms with E-state index in [1.807, 2.05) is 17.5 Å². The number of thiophene rings is 1. The molecule has 1 fully saturated rings. The molecule has 0 aliphatic carbocycles. The standard InChI is InChI=1S/C18H20N2O2S/c21-7-1-2-15-9-17(23-13-15)11-20-10-16(18(22)12-20)8-14-3-5-19-6-4-14/h3-6,9,13,16,18,21-22H,7-8,10-12H2/t16-,18-/m1/s1. The SMILES string of the molecule is OCC#Cc1csc(CN2C[C@@H](Cc3ccncc3)[C@H](O)C2)c1. The number of hydrogen-bond donors (Lipinski definition) is 2. The molecule has 1 aliphatic rings. The number of nitrogens with zero attached hydrogens (tertiary/aromatic N) is 2. The maximum absolute atomic E-state index is 10.3. The molecule has 0 saturated carbocycles. The van der Waals surface area contributed by atoms with Crippen LogP contribution in [0.25, 0.3) is 0 Å². The van der Waals surface area contributed by atoms with Crippen LogP contribution in [0.4, 0.5) is 0 Å². The van der Waals surface area contributed by atoms with Crippen LogP contribution >= 0.6 is 11.3 Å². The van der Waals surface area contributed by atoms with Crippen LogP contribution in [0, 0.1) is 17.8 Å². The van der Waals surface area contributed by atoms with Crippen molar-refractivity contribution >= 4 is 11.3 Å². The van der Waals surface area contributed by atoms with Crippen LogP contribution in [0.3, 0.4) is 0 Å². The van der Waals surface area contributed by atoms with Crippen LogP contribution in [0.2, 0.25) is 0 Å². The summed E-state index contributed by atoms with van der Waals surface area (Å²) in [6.07, 6.45) is 4.21. The Bertz CT molecular complexity index is 690. The summed E-state index contributed by atoms with van der Waals surface area (Å²) < 4.78 is 0. The first-order chi connectivity index (χ1) is 11.2. The van der Waals surface area contributed by atoms with Gasteiger partial charge in [-0.2, -0.15) is 0 Å². The number of β-amino-alcohol motifs (C(OH)–C–C–N with tert-alkyl or cyclic N) is 1. The molecule has 3 rings (SSSR count). The maximum atomic E-state index is 10.3. The topological polar surface area (TPSA) is 56.6 Å². The minimum absolute atomic E-state index is 0.111. The van der Waals surface area contributed by atoms with E-state index < -0.39 is 0 Å². The van der Waals surface area contributed by atoms with Gasteiger partial charge in [0.2, 0.25) is 0 Å². The molecule has 1 saturated heterocycles. The van der Waals surface area contributed by atoms with E-state index >= 15 is 0 Å². The molecule has 2 aromatic rings. The fourth-order valence-corrected chi connectivity index (χ4v) is 3.84. The second-order valence-corrected chi connectivity index (χ2v) is 6.84. The smallest absolute Gasteiger partial charge is 0.104 e. The first-order valence-electron chi connectivity index (χ1n) is 7.71. The zero-order valence-corrected chi connectivity index (χ0v) is 13.7. The lowest BCUT2D eigenvalue weighted by atomic mass is 9.97. The molecule has 0 radical (unpaired) electrons. The van der Waals surface area contributed by atoms with Gasteiger partial charge in [-0.25, -0.2) is 0 Å². The van der Waals surface area contributed by atoms with Gasteiger partial charge < -0.3 is 10.2 Å². The predicted octanol–water partition coefficient (Wildman–Crippen LogP) is 1.52. The third-order valence-corrected chi connectivity index (χ3v) is 5.00. The summed E-state index contributed by atoms with van der Waals surface area (Å²) >= 11 is 1.68. The van der Waals surface area contributed by atoms with Crippen molar-refractivity contribution in [1.82, 2.24) is 9.88 Å². The van der Waals surface area contributed by atoms with Crippen LogP contribution < -0.4 is 0 Å². The Labute approximate surface area is 140 Å². The van der Waals surface area contributed by atoms with Gasteiger partial charge in [0.15, 0.2) is 0 Å².